The van der Waals surface area contributed by atoms with Crippen molar-refractivity contribution in [1.82, 2.24) is 0 Å². The van der Waals surface area contributed by atoms with Gasteiger partial charge in [0.2, 0.25) is 5.91 Å². The Kier molecular flexibility index (Phi) is 8.16. The molecule has 0 aliphatic heterocycles. The Hall–Kier alpha value is -2.76. The van der Waals surface area contributed by atoms with E-state index < -0.39 is 10.8 Å². The van der Waals surface area contributed by atoms with E-state index in [9.17, 15) is 9.00 Å². The summed E-state index contributed by atoms with van der Waals surface area (Å²) in [6, 6.07) is 26.9. The first-order valence-electron chi connectivity index (χ1n) is 9.64. The zero-order valence-corrected chi connectivity index (χ0v) is 17.1. The van der Waals surface area contributed by atoms with Gasteiger partial charge in [0.1, 0.15) is 0 Å². The average Bonchev–Trinajstić information content (AvgIpc) is 2.75. The Bertz CT molecular complexity index is 929. The number of nitrogens with one attached hydrogen (secondary N) is 1. The van der Waals surface area contributed by atoms with Crippen LogP contribution in [0.4, 0.5) is 5.69 Å². The summed E-state index contributed by atoms with van der Waals surface area (Å²) >= 11 is 0. The van der Waals surface area contributed by atoms with Gasteiger partial charge in [-0.3, -0.25) is 9.00 Å². The van der Waals surface area contributed by atoms with E-state index in [0.717, 1.165) is 21.7 Å². The number of benzene rings is 3. The lowest BCUT2D eigenvalue weighted by molar-refractivity contribution is -0.116. The number of carbonyl (C=O) groups excluding carboxylic acids is 1. The molecular formula is C24H25NO3S. The van der Waals surface area contributed by atoms with Crippen LogP contribution >= 0.6 is 0 Å². The molecule has 0 bridgehead atoms. The SMILES string of the molecule is O=C(CCCOCc1ccccc1)Nc1cccc(CS(=O)c2ccccc2)c1. The van der Waals surface area contributed by atoms with Gasteiger partial charge in [-0.05, 0) is 41.8 Å². The molecule has 0 aliphatic carbocycles. The van der Waals surface area contributed by atoms with Gasteiger partial charge >= 0.3 is 0 Å². The Morgan fingerprint density at radius 3 is 2.31 bits per heavy atom. The molecule has 0 saturated carbocycles. The molecule has 4 nitrogen and oxygen atoms in total. The van der Waals surface area contributed by atoms with Crippen molar-refractivity contribution in [2.45, 2.75) is 30.1 Å². The third kappa shape index (κ3) is 7.29. The second-order valence-corrected chi connectivity index (χ2v) is 8.14. The summed E-state index contributed by atoms with van der Waals surface area (Å²) in [5, 5.41) is 2.91. The van der Waals surface area contributed by atoms with Crippen LogP contribution in [0.2, 0.25) is 0 Å². The quantitative estimate of drug-likeness (QED) is 0.485. The summed E-state index contributed by atoms with van der Waals surface area (Å²) in [5.41, 5.74) is 2.78. The molecule has 0 heterocycles. The van der Waals surface area contributed by atoms with Crippen molar-refractivity contribution < 1.29 is 13.7 Å². The molecule has 0 spiro atoms. The van der Waals surface area contributed by atoms with Crippen LogP contribution in [0.1, 0.15) is 24.0 Å². The van der Waals surface area contributed by atoms with Gasteiger partial charge < -0.3 is 10.1 Å². The van der Waals surface area contributed by atoms with Crippen molar-refractivity contribution in [3.8, 4) is 0 Å². The molecular weight excluding hydrogens is 382 g/mol. The van der Waals surface area contributed by atoms with Gasteiger partial charge in [0.15, 0.2) is 0 Å². The number of carbonyl (C=O) groups is 1. The monoisotopic (exact) mass is 407 g/mol. The minimum atomic E-state index is -1.11. The maximum Gasteiger partial charge on any atom is 0.224 e. The molecule has 3 rings (SSSR count). The van der Waals surface area contributed by atoms with E-state index in [0.29, 0.717) is 31.8 Å². The van der Waals surface area contributed by atoms with Crippen molar-refractivity contribution in [3.05, 3.63) is 96.1 Å². The highest BCUT2D eigenvalue weighted by molar-refractivity contribution is 7.84. The van der Waals surface area contributed by atoms with Gasteiger partial charge in [0.05, 0.1) is 23.2 Å². The van der Waals surface area contributed by atoms with Crippen LogP contribution in [0, 0.1) is 0 Å². The highest BCUT2D eigenvalue weighted by Gasteiger charge is 2.07. The number of hydrogen-bond donors (Lipinski definition) is 1. The van der Waals surface area contributed by atoms with Gasteiger partial charge in [-0.2, -0.15) is 0 Å². The van der Waals surface area contributed by atoms with Crippen LogP contribution in [0.3, 0.4) is 0 Å². The maximum absolute atomic E-state index is 12.5. The van der Waals surface area contributed by atoms with E-state index in [-0.39, 0.29) is 5.91 Å². The van der Waals surface area contributed by atoms with Crippen LogP contribution in [0.15, 0.2) is 89.8 Å². The summed E-state index contributed by atoms with van der Waals surface area (Å²) < 4.78 is 18.1. The second-order valence-electron chi connectivity index (χ2n) is 6.69. The average molecular weight is 408 g/mol. The Morgan fingerprint density at radius 2 is 1.55 bits per heavy atom. The van der Waals surface area contributed by atoms with Crippen LogP contribution < -0.4 is 5.32 Å². The molecule has 1 amide bonds. The highest BCUT2D eigenvalue weighted by atomic mass is 32.2. The summed E-state index contributed by atoms with van der Waals surface area (Å²) in [5.74, 6) is 0.371. The van der Waals surface area contributed by atoms with Gasteiger partial charge in [0, 0.05) is 23.6 Å². The van der Waals surface area contributed by atoms with Gasteiger partial charge in [-0.25, -0.2) is 0 Å². The van der Waals surface area contributed by atoms with Crippen LogP contribution in [0.5, 0.6) is 0 Å². The molecule has 1 unspecified atom stereocenters. The fourth-order valence-corrected chi connectivity index (χ4v) is 3.98. The van der Waals surface area contributed by atoms with E-state index in [1.807, 2.05) is 84.9 Å². The van der Waals surface area contributed by atoms with Crippen LogP contribution in [-0.2, 0) is 32.7 Å². The molecule has 5 heteroatoms. The minimum absolute atomic E-state index is 0.0466. The molecule has 1 atom stereocenters. The highest BCUT2D eigenvalue weighted by Crippen LogP contribution is 2.16. The summed E-state index contributed by atoms with van der Waals surface area (Å²) in [6.45, 7) is 1.10. The zero-order chi connectivity index (χ0) is 20.3. The first-order valence-corrected chi connectivity index (χ1v) is 11.0. The molecule has 0 radical (unpaired) electrons. The molecule has 3 aromatic rings. The van der Waals surface area contributed by atoms with E-state index in [2.05, 4.69) is 5.32 Å². The molecule has 3 aromatic carbocycles. The largest absolute Gasteiger partial charge is 0.377 e. The standard InChI is InChI=1S/C24H25NO3S/c26-24(15-8-16-28-18-20-9-3-1-4-10-20)25-22-12-7-11-21(17-22)19-29(27)23-13-5-2-6-14-23/h1-7,9-14,17H,8,15-16,18-19H2,(H,25,26). The van der Waals surface area contributed by atoms with E-state index in [1.54, 1.807) is 0 Å². The maximum atomic E-state index is 12.5. The Morgan fingerprint density at radius 1 is 0.862 bits per heavy atom. The lowest BCUT2D eigenvalue weighted by Crippen LogP contribution is -2.12. The van der Waals surface area contributed by atoms with E-state index in [4.69, 9.17) is 4.74 Å². The van der Waals surface area contributed by atoms with Gasteiger partial charge in [0.25, 0.3) is 0 Å². The van der Waals surface area contributed by atoms with Gasteiger partial charge in [-0.15, -0.1) is 0 Å². The summed E-state index contributed by atoms with van der Waals surface area (Å²) in [6.07, 6.45) is 1.06. The molecule has 1 N–H and O–H groups in total. The van der Waals surface area contributed by atoms with E-state index in [1.165, 1.54) is 0 Å². The smallest absolute Gasteiger partial charge is 0.224 e. The first kappa shape index (κ1) is 21.0. The molecule has 0 saturated heterocycles. The Balaban J connectivity index is 1.41. The molecule has 0 fully saturated rings. The normalized spacial score (nSPS) is 11.7. The lowest BCUT2D eigenvalue weighted by Gasteiger charge is -2.08. The van der Waals surface area contributed by atoms with Gasteiger partial charge in [-0.1, -0.05) is 60.7 Å². The lowest BCUT2D eigenvalue weighted by atomic mass is 10.2. The molecule has 0 aromatic heterocycles. The van der Waals surface area contributed by atoms with Crippen molar-refractivity contribution in [2.24, 2.45) is 0 Å². The second kappa shape index (κ2) is 11.3. The first-order chi connectivity index (χ1) is 14.2. The predicted octanol–water partition coefficient (Wildman–Crippen LogP) is 4.93. The molecule has 0 aliphatic rings. The van der Waals surface area contributed by atoms with Crippen LogP contribution in [0.25, 0.3) is 0 Å². The number of amides is 1. The zero-order valence-electron chi connectivity index (χ0n) is 16.3. The minimum Gasteiger partial charge on any atom is -0.377 e. The summed E-state index contributed by atoms with van der Waals surface area (Å²) in [7, 11) is -1.11. The van der Waals surface area contributed by atoms with Crippen molar-refractivity contribution in [3.63, 3.8) is 0 Å². The predicted molar refractivity (Wildman–Crippen MR) is 117 cm³/mol. The van der Waals surface area contributed by atoms with Crippen molar-refractivity contribution in [1.29, 1.82) is 0 Å². The van der Waals surface area contributed by atoms with E-state index >= 15 is 0 Å². The molecule has 29 heavy (non-hydrogen) atoms. The fraction of sp³-hybridized carbons (Fsp3) is 0.208. The Labute approximate surface area is 174 Å². The third-order valence-corrected chi connectivity index (χ3v) is 5.71. The number of rotatable bonds is 10. The van der Waals surface area contributed by atoms with Crippen molar-refractivity contribution >= 4 is 22.4 Å². The number of hydrogen-bond acceptors (Lipinski definition) is 3. The summed E-state index contributed by atoms with van der Waals surface area (Å²) in [4.78, 5) is 13.0. The topological polar surface area (TPSA) is 55.4 Å². The van der Waals surface area contributed by atoms with Crippen molar-refractivity contribution in [2.75, 3.05) is 11.9 Å². The third-order valence-electron chi connectivity index (χ3n) is 4.32. The van der Waals surface area contributed by atoms with Crippen LogP contribution in [-0.4, -0.2) is 16.7 Å². The number of ether oxygens (including phenoxy) is 1. The molecule has 150 valence electrons. The number of anilines is 1. The fourth-order valence-electron chi connectivity index (χ4n) is 2.87.